The van der Waals surface area contributed by atoms with Gasteiger partial charge in [-0.05, 0) is 13.8 Å². The first-order chi connectivity index (χ1) is 8.04. The SMILES string of the molecule is CCOC(=O)c1nc(NCCC(N)=O)sc1C. The maximum absolute atomic E-state index is 11.5. The van der Waals surface area contributed by atoms with Crippen LogP contribution >= 0.6 is 11.3 Å². The number of thiazole rings is 1. The van der Waals surface area contributed by atoms with E-state index in [2.05, 4.69) is 10.3 Å². The molecule has 0 fully saturated rings. The van der Waals surface area contributed by atoms with Gasteiger partial charge in [-0.25, -0.2) is 9.78 Å². The van der Waals surface area contributed by atoms with Crippen LogP contribution in [0.15, 0.2) is 0 Å². The molecule has 6 nitrogen and oxygen atoms in total. The van der Waals surface area contributed by atoms with E-state index in [9.17, 15) is 9.59 Å². The Morgan fingerprint density at radius 2 is 2.24 bits per heavy atom. The Morgan fingerprint density at radius 3 is 2.82 bits per heavy atom. The van der Waals surface area contributed by atoms with Crippen LogP contribution in [-0.4, -0.2) is 30.0 Å². The lowest BCUT2D eigenvalue weighted by molar-refractivity contribution is -0.117. The number of nitrogens with zero attached hydrogens (tertiary/aromatic N) is 1. The Morgan fingerprint density at radius 1 is 1.53 bits per heavy atom. The van der Waals surface area contributed by atoms with Crippen molar-refractivity contribution in [1.82, 2.24) is 4.98 Å². The molecule has 0 aromatic carbocycles. The molecule has 0 saturated heterocycles. The summed E-state index contributed by atoms with van der Waals surface area (Å²) in [5, 5.41) is 3.52. The van der Waals surface area contributed by atoms with Crippen molar-refractivity contribution >= 4 is 28.3 Å². The van der Waals surface area contributed by atoms with Gasteiger partial charge in [-0.15, -0.1) is 11.3 Å². The highest BCUT2D eigenvalue weighted by molar-refractivity contribution is 7.15. The number of ether oxygens (including phenoxy) is 1. The van der Waals surface area contributed by atoms with Crippen LogP contribution in [-0.2, 0) is 9.53 Å². The Balaban J connectivity index is 2.61. The highest BCUT2D eigenvalue weighted by atomic mass is 32.1. The second-order valence-electron chi connectivity index (χ2n) is 3.29. The van der Waals surface area contributed by atoms with Crippen LogP contribution in [0.5, 0.6) is 0 Å². The summed E-state index contributed by atoms with van der Waals surface area (Å²) in [6.07, 6.45) is 0.230. The number of anilines is 1. The van der Waals surface area contributed by atoms with Gasteiger partial charge in [0.2, 0.25) is 5.91 Å². The zero-order chi connectivity index (χ0) is 12.8. The molecule has 3 N–H and O–H groups in total. The summed E-state index contributed by atoms with van der Waals surface area (Å²) in [6.45, 7) is 4.26. The highest BCUT2D eigenvalue weighted by Gasteiger charge is 2.16. The fraction of sp³-hybridized carbons (Fsp3) is 0.500. The summed E-state index contributed by atoms with van der Waals surface area (Å²) in [6, 6.07) is 0. The number of aryl methyl sites for hydroxylation is 1. The first-order valence-electron chi connectivity index (χ1n) is 5.21. The van der Waals surface area contributed by atoms with Crippen LogP contribution in [0.2, 0.25) is 0 Å². The van der Waals surface area contributed by atoms with Crippen LogP contribution in [0, 0.1) is 6.92 Å². The van der Waals surface area contributed by atoms with E-state index in [0.29, 0.717) is 24.0 Å². The molecule has 0 aliphatic heterocycles. The van der Waals surface area contributed by atoms with E-state index in [4.69, 9.17) is 10.5 Å². The molecular formula is C10H15N3O3S. The van der Waals surface area contributed by atoms with Gasteiger partial charge in [0.15, 0.2) is 10.8 Å². The molecule has 0 aliphatic rings. The highest BCUT2D eigenvalue weighted by Crippen LogP contribution is 2.22. The van der Waals surface area contributed by atoms with E-state index in [1.165, 1.54) is 11.3 Å². The van der Waals surface area contributed by atoms with Crippen molar-refractivity contribution in [1.29, 1.82) is 0 Å². The molecule has 94 valence electrons. The number of nitrogens with two attached hydrogens (primary N) is 1. The fourth-order valence-electron chi connectivity index (χ4n) is 1.15. The Labute approximate surface area is 103 Å². The second-order valence-corrected chi connectivity index (χ2v) is 4.49. The third-order valence-corrected chi connectivity index (χ3v) is 2.84. The van der Waals surface area contributed by atoms with Gasteiger partial charge in [-0.1, -0.05) is 0 Å². The number of esters is 1. The summed E-state index contributed by atoms with van der Waals surface area (Å²) in [5.74, 6) is -0.805. The molecule has 1 heterocycles. The van der Waals surface area contributed by atoms with Crippen LogP contribution < -0.4 is 11.1 Å². The Hall–Kier alpha value is -1.63. The summed E-state index contributed by atoms with van der Waals surface area (Å²) in [7, 11) is 0. The van der Waals surface area contributed by atoms with Gasteiger partial charge < -0.3 is 15.8 Å². The lowest BCUT2D eigenvalue weighted by atomic mass is 10.4. The fourth-order valence-corrected chi connectivity index (χ4v) is 1.98. The van der Waals surface area contributed by atoms with Gasteiger partial charge in [0.1, 0.15) is 0 Å². The summed E-state index contributed by atoms with van der Waals surface area (Å²) in [5.41, 5.74) is 5.33. The minimum atomic E-state index is -0.427. The molecule has 1 amide bonds. The van der Waals surface area contributed by atoms with Crippen molar-refractivity contribution in [2.45, 2.75) is 20.3 Å². The number of rotatable bonds is 6. The van der Waals surface area contributed by atoms with Crippen LogP contribution in [0.25, 0.3) is 0 Å². The topological polar surface area (TPSA) is 94.3 Å². The summed E-state index contributed by atoms with van der Waals surface area (Å²) in [4.78, 5) is 26.9. The maximum Gasteiger partial charge on any atom is 0.358 e. The van der Waals surface area contributed by atoms with Gasteiger partial charge in [0.05, 0.1) is 6.61 Å². The quantitative estimate of drug-likeness (QED) is 0.739. The van der Waals surface area contributed by atoms with Gasteiger partial charge in [-0.3, -0.25) is 4.79 Å². The summed E-state index contributed by atoms with van der Waals surface area (Å²) >= 11 is 1.35. The van der Waals surface area contributed by atoms with Gasteiger partial charge in [-0.2, -0.15) is 0 Å². The molecule has 0 bridgehead atoms. The van der Waals surface area contributed by atoms with Crippen molar-refractivity contribution in [3.8, 4) is 0 Å². The van der Waals surface area contributed by atoms with Gasteiger partial charge in [0, 0.05) is 17.8 Å². The molecule has 0 unspecified atom stereocenters. The predicted molar refractivity (Wildman–Crippen MR) is 65.1 cm³/mol. The Bertz CT molecular complexity index is 417. The van der Waals surface area contributed by atoms with Crippen LogP contribution in [0.3, 0.4) is 0 Å². The molecule has 0 spiro atoms. The standard InChI is InChI=1S/C10H15N3O3S/c1-3-16-9(15)8-6(2)17-10(13-8)12-5-4-7(11)14/h3-5H2,1-2H3,(H2,11,14)(H,12,13). The van der Waals surface area contributed by atoms with Gasteiger partial charge in [0.25, 0.3) is 0 Å². The molecule has 1 aromatic rings. The minimum Gasteiger partial charge on any atom is -0.461 e. The first kappa shape index (κ1) is 13.4. The smallest absolute Gasteiger partial charge is 0.358 e. The molecule has 7 heteroatoms. The number of nitrogens with one attached hydrogen (secondary N) is 1. The lowest BCUT2D eigenvalue weighted by Gasteiger charge is -1.99. The van der Waals surface area contributed by atoms with E-state index in [0.717, 1.165) is 4.88 Å². The molecular weight excluding hydrogens is 242 g/mol. The number of primary amides is 1. The maximum atomic E-state index is 11.5. The molecule has 0 radical (unpaired) electrons. The predicted octanol–water partition coefficient (Wildman–Crippen LogP) is 0.916. The third-order valence-electron chi connectivity index (χ3n) is 1.91. The number of amides is 1. The summed E-state index contributed by atoms with van der Waals surface area (Å²) < 4.78 is 4.87. The number of aromatic nitrogens is 1. The lowest BCUT2D eigenvalue weighted by Crippen LogP contribution is -2.15. The van der Waals surface area contributed by atoms with Crippen molar-refractivity contribution in [2.75, 3.05) is 18.5 Å². The second kappa shape index (κ2) is 6.19. The number of carbonyl (C=O) groups excluding carboxylic acids is 2. The average Bonchev–Trinajstić information content (AvgIpc) is 2.59. The van der Waals surface area contributed by atoms with E-state index in [1.54, 1.807) is 13.8 Å². The normalized spacial score (nSPS) is 10.0. The zero-order valence-corrected chi connectivity index (χ0v) is 10.6. The molecule has 17 heavy (non-hydrogen) atoms. The third kappa shape index (κ3) is 4.03. The minimum absolute atomic E-state index is 0.230. The molecule has 1 aromatic heterocycles. The Kier molecular flexibility index (Phi) is 4.89. The zero-order valence-electron chi connectivity index (χ0n) is 9.78. The van der Waals surface area contributed by atoms with Gasteiger partial charge >= 0.3 is 5.97 Å². The van der Waals surface area contributed by atoms with Crippen molar-refractivity contribution < 1.29 is 14.3 Å². The van der Waals surface area contributed by atoms with Crippen LogP contribution in [0.1, 0.15) is 28.7 Å². The monoisotopic (exact) mass is 257 g/mol. The molecule has 0 saturated carbocycles. The van der Waals surface area contributed by atoms with Crippen molar-refractivity contribution in [3.63, 3.8) is 0 Å². The number of hydrogen-bond acceptors (Lipinski definition) is 6. The number of carbonyl (C=O) groups is 2. The number of hydrogen-bond donors (Lipinski definition) is 2. The largest absolute Gasteiger partial charge is 0.461 e. The first-order valence-corrected chi connectivity index (χ1v) is 6.03. The molecule has 0 aliphatic carbocycles. The van der Waals surface area contributed by atoms with Crippen molar-refractivity contribution in [2.24, 2.45) is 5.73 Å². The van der Waals surface area contributed by atoms with Crippen LogP contribution in [0.4, 0.5) is 5.13 Å². The van der Waals surface area contributed by atoms with Crippen molar-refractivity contribution in [3.05, 3.63) is 10.6 Å². The average molecular weight is 257 g/mol. The van der Waals surface area contributed by atoms with E-state index >= 15 is 0 Å². The molecule has 1 rings (SSSR count). The van der Waals surface area contributed by atoms with E-state index in [1.807, 2.05) is 0 Å². The van der Waals surface area contributed by atoms with E-state index < -0.39 is 5.97 Å². The molecule has 0 atom stereocenters. The van der Waals surface area contributed by atoms with E-state index in [-0.39, 0.29) is 12.3 Å².